The number of allylic oxidation sites excluding steroid dienone is 2. The second kappa shape index (κ2) is 2.65. The zero-order valence-corrected chi connectivity index (χ0v) is 6.83. The number of hydrogen-bond donors (Lipinski definition) is 0. The molecule has 0 fully saturated rings. The van der Waals surface area contributed by atoms with Gasteiger partial charge in [-0.05, 0) is 26.0 Å². The van der Waals surface area contributed by atoms with Crippen molar-refractivity contribution < 1.29 is 0 Å². The van der Waals surface area contributed by atoms with E-state index in [-0.39, 0.29) is 0 Å². The van der Waals surface area contributed by atoms with Gasteiger partial charge in [-0.25, -0.2) is 0 Å². The molecule has 0 amide bonds. The van der Waals surface area contributed by atoms with E-state index in [4.69, 9.17) is 0 Å². The van der Waals surface area contributed by atoms with Crippen LogP contribution < -0.4 is 0 Å². The van der Waals surface area contributed by atoms with Gasteiger partial charge in [-0.3, -0.25) is 4.99 Å². The summed E-state index contributed by atoms with van der Waals surface area (Å²) in [4.78, 5) is 4.45. The van der Waals surface area contributed by atoms with Crippen molar-refractivity contribution in [2.45, 2.75) is 25.8 Å². The smallest absolute Gasteiger partial charge is 0.0744 e. The molecule has 1 heteroatoms. The maximum atomic E-state index is 4.45. The van der Waals surface area contributed by atoms with Crippen LogP contribution in [0.4, 0.5) is 0 Å². The van der Waals surface area contributed by atoms with Gasteiger partial charge in [-0.2, -0.15) is 0 Å². The highest BCUT2D eigenvalue weighted by molar-refractivity contribution is 5.59. The molecule has 0 radical (unpaired) electrons. The summed E-state index contributed by atoms with van der Waals surface area (Å²) in [6.45, 7) is 2.21. The first-order valence-corrected chi connectivity index (χ1v) is 4.24. The summed E-state index contributed by atoms with van der Waals surface area (Å²) in [5.74, 6) is 0.699. The van der Waals surface area contributed by atoms with Gasteiger partial charge in [0.1, 0.15) is 0 Å². The monoisotopic (exact) mass is 147 g/mol. The highest BCUT2D eigenvalue weighted by Crippen LogP contribution is 2.29. The Balaban J connectivity index is 2.27. The van der Waals surface area contributed by atoms with Gasteiger partial charge >= 0.3 is 0 Å². The van der Waals surface area contributed by atoms with Gasteiger partial charge in [-0.1, -0.05) is 23.8 Å². The summed E-state index contributed by atoms with van der Waals surface area (Å²) in [7, 11) is 0. The highest BCUT2D eigenvalue weighted by Gasteiger charge is 2.23. The molecular formula is C10H13N. The largest absolute Gasteiger partial charge is 0.289 e. The van der Waals surface area contributed by atoms with Crippen molar-refractivity contribution in [1.82, 2.24) is 0 Å². The Kier molecular flexibility index (Phi) is 1.65. The Hall–Kier alpha value is -0.850. The van der Waals surface area contributed by atoms with Crippen molar-refractivity contribution in [3.05, 3.63) is 23.8 Å². The molecule has 2 rings (SSSR count). The summed E-state index contributed by atoms with van der Waals surface area (Å²) in [5.41, 5.74) is 1.49. The van der Waals surface area contributed by atoms with Crippen LogP contribution in [0.25, 0.3) is 0 Å². The lowest BCUT2D eigenvalue weighted by molar-refractivity contribution is 0.495. The number of rotatable bonds is 0. The lowest BCUT2D eigenvalue weighted by Crippen LogP contribution is -2.23. The standard InChI is InChI=1S/C10H13N/c1-8-4-2-6-10-9(8)5-3-7-11-10/h2,4,6-7,9-10H,3,5H2,1H3. The Morgan fingerprint density at radius 2 is 2.45 bits per heavy atom. The van der Waals surface area contributed by atoms with Crippen molar-refractivity contribution >= 4 is 6.21 Å². The Morgan fingerprint density at radius 3 is 3.27 bits per heavy atom. The van der Waals surface area contributed by atoms with Crippen LogP contribution in [0.2, 0.25) is 0 Å². The van der Waals surface area contributed by atoms with Crippen LogP contribution in [0.1, 0.15) is 19.8 Å². The van der Waals surface area contributed by atoms with Crippen LogP contribution in [0.3, 0.4) is 0 Å². The molecule has 1 heterocycles. The average Bonchev–Trinajstić information content (AvgIpc) is 2.06. The molecule has 1 nitrogen and oxygen atoms in total. The summed E-state index contributed by atoms with van der Waals surface area (Å²) in [5, 5.41) is 0. The molecule has 0 saturated carbocycles. The molecule has 11 heavy (non-hydrogen) atoms. The van der Waals surface area contributed by atoms with E-state index in [0.29, 0.717) is 12.0 Å². The summed E-state index contributed by atoms with van der Waals surface area (Å²) in [6, 6.07) is 0.453. The zero-order chi connectivity index (χ0) is 7.68. The quantitative estimate of drug-likeness (QED) is 0.498. The molecule has 0 aromatic carbocycles. The van der Waals surface area contributed by atoms with E-state index in [1.807, 2.05) is 0 Å². The number of aliphatic imine (C=N–C) groups is 1. The van der Waals surface area contributed by atoms with E-state index in [0.717, 1.165) is 6.42 Å². The maximum Gasteiger partial charge on any atom is 0.0744 e. The van der Waals surface area contributed by atoms with Gasteiger partial charge in [0.2, 0.25) is 0 Å². The van der Waals surface area contributed by atoms with E-state index in [1.165, 1.54) is 12.0 Å². The van der Waals surface area contributed by atoms with Gasteiger partial charge in [0.05, 0.1) is 6.04 Å². The third-order valence-corrected chi connectivity index (χ3v) is 2.55. The molecule has 0 saturated heterocycles. The van der Waals surface area contributed by atoms with Crippen molar-refractivity contribution in [2.24, 2.45) is 10.9 Å². The summed E-state index contributed by atoms with van der Waals surface area (Å²) < 4.78 is 0. The van der Waals surface area contributed by atoms with Crippen molar-refractivity contribution in [3.63, 3.8) is 0 Å². The Bertz CT molecular complexity index is 235. The normalized spacial score (nSPS) is 34.8. The van der Waals surface area contributed by atoms with Crippen LogP contribution >= 0.6 is 0 Å². The summed E-state index contributed by atoms with van der Waals surface area (Å²) >= 11 is 0. The van der Waals surface area contributed by atoms with Gasteiger partial charge in [-0.15, -0.1) is 0 Å². The van der Waals surface area contributed by atoms with E-state index >= 15 is 0 Å². The molecule has 1 aliphatic carbocycles. The predicted molar refractivity (Wildman–Crippen MR) is 47.9 cm³/mol. The molecule has 0 aromatic heterocycles. The molecular weight excluding hydrogens is 134 g/mol. The molecule has 0 spiro atoms. The minimum atomic E-state index is 0.453. The van der Waals surface area contributed by atoms with E-state index in [9.17, 15) is 0 Å². The van der Waals surface area contributed by atoms with Crippen molar-refractivity contribution in [2.75, 3.05) is 0 Å². The third kappa shape index (κ3) is 1.15. The SMILES string of the molecule is CC1=CC=CC2N=CCCC12. The topological polar surface area (TPSA) is 12.4 Å². The second-order valence-electron chi connectivity index (χ2n) is 3.30. The van der Waals surface area contributed by atoms with Crippen LogP contribution in [0.15, 0.2) is 28.8 Å². The molecule has 58 valence electrons. The Morgan fingerprint density at radius 1 is 1.55 bits per heavy atom. The molecule has 2 unspecified atom stereocenters. The van der Waals surface area contributed by atoms with Crippen LogP contribution in [-0.4, -0.2) is 12.3 Å². The highest BCUT2D eigenvalue weighted by atomic mass is 14.8. The molecule has 1 aliphatic heterocycles. The van der Waals surface area contributed by atoms with Gasteiger partial charge < -0.3 is 0 Å². The van der Waals surface area contributed by atoms with Gasteiger partial charge in [0.15, 0.2) is 0 Å². The molecule has 0 N–H and O–H groups in total. The fourth-order valence-corrected chi connectivity index (χ4v) is 1.85. The predicted octanol–water partition coefficient (Wildman–Crippen LogP) is 2.35. The number of hydrogen-bond acceptors (Lipinski definition) is 1. The van der Waals surface area contributed by atoms with E-state index in [2.05, 4.69) is 36.4 Å². The minimum absolute atomic E-state index is 0.453. The van der Waals surface area contributed by atoms with Crippen LogP contribution in [0, 0.1) is 5.92 Å². The fourth-order valence-electron chi connectivity index (χ4n) is 1.85. The molecule has 0 aromatic rings. The Labute approximate surface area is 67.5 Å². The lowest BCUT2D eigenvalue weighted by atomic mass is 9.83. The van der Waals surface area contributed by atoms with Crippen molar-refractivity contribution in [3.8, 4) is 0 Å². The maximum absolute atomic E-state index is 4.45. The van der Waals surface area contributed by atoms with E-state index < -0.39 is 0 Å². The third-order valence-electron chi connectivity index (χ3n) is 2.55. The first-order chi connectivity index (χ1) is 5.38. The first-order valence-electron chi connectivity index (χ1n) is 4.24. The van der Waals surface area contributed by atoms with Crippen LogP contribution in [-0.2, 0) is 0 Å². The van der Waals surface area contributed by atoms with Gasteiger partial charge in [0.25, 0.3) is 0 Å². The number of fused-ring (bicyclic) bond motifs is 1. The minimum Gasteiger partial charge on any atom is -0.289 e. The lowest BCUT2D eigenvalue weighted by Gasteiger charge is -2.27. The fraction of sp³-hybridized carbons (Fsp3) is 0.500. The zero-order valence-electron chi connectivity index (χ0n) is 6.83. The van der Waals surface area contributed by atoms with E-state index in [1.54, 1.807) is 0 Å². The molecule has 2 atom stereocenters. The van der Waals surface area contributed by atoms with Crippen molar-refractivity contribution in [1.29, 1.82) is 0 Å². The van der Waals surface area contributed by atoms with Crippen LogP contribution in [0.5, 0.6) is 0 Å². The molecule has 2 aliphatic rings. The summed E-state index contributed by atoms with van der Waals surface area (Å²) in [6.07, 6.45) is 11.0. The van der Waals surface area contributed by atoms with Gasteiger partial charge in [0, 0.05) is 5.92 Å². The average molecular weight is 147 g/mol. The first kappa shape index (κ1) is 6.84. The number of nitrogens with zero attached hydrogens (tertiary/aromatic N) is 1. The molecule has 0 bridgehead atoms. The second-order valence-corrected chi connectivity index (χ2v) is 3.30.